The number of carbonyl (C=O) groups is 3. The Balaban J connectivity index is 1.75. The van der Waals surface area contributed by atoms with Crippen LogP contribution in [0, 0.1) is 6.92 Å². The van der Waals surface area contributed by atoms with Gasteiger partial charge in [0, 0.05) is 17.8 Å². The first-order valence-corrected chi connectivity index (χ1v) is 7.92. The van der Waals surface area contributed by atoms with Crippen molar-refractivity contribution in [2.24, 2.45) is 0 Å². The van der Waals surface area contributed by atoms with Crippen molar-refractivity contribution in [3.8, 4) is 0 Å². The maximum absolute atomic E-state index is 11.9. The first kappa shape index (κ1) is 18.2. The predicted molar refractivity (Wildman–Crippen MR) is 96.5 cm³/mol. The lowest BCUT2D eigenvalue weighted by Gasteiger charge is -2.09. The molecule has 3 N–H and O–H groups in total. The summed E-state index contributed by atoms with van der Waals surface area (Å²) in [7, 11) is 0. The molecule has 0 saturated carbocycles. The van der Waals surface area contributed by atoms with E-state index in [1.807, 2.05) is 31.2 Å². The third-order valence-electron chi connectivity index (χ3n) is 3.54. The summed E-state index contributed by atoms with van der Waals surface area (Å²) in [5.74, 6) is -0.448. The lowest BCUT2D eigenvalue weighted by atomic mass is 10.1. The Labute approximate surface area is 146 Å². The molecule has 6 nitrogen and oxygen atoms in total. The molecule has 130 valence electrons. The molecule has 3 amide bonds. The zero-order valence-corrected chi connectivity index (χ0v) is 14.3. The number of hydrogen-bond acceptors (Lipinski definition) is 3. The number of rotatable bonds is 6. The van der Waals surface area contributed by atoms with E-state index in [1.165, 1.54) is 6.92 Å². The van der Waals surface area contributed by atoms with Gasteiger partial charge in [-0.2, -0.15) is 0 Å². The largest absolute Gasteiger partial charge is 0.334 e. The summed E-state index contributed by atoms with van der Waals surface area (Å²) in [6, 6.07) is 14.0. The van der Waals surface area contributed by atoms with Gasteiger partial charge in [0.25, 0.3) is 0 Å². The number of benzene rings is 2. The highest BCUT2D eigenvalue weighted by Crippen LogP contribution is 2.10. The second-order valence-electron chi connectivity index (χ2n) is 5.71. The van der Waals surface area contributed by atoms with Gasteiger partial charge in [-0.15, -0.1) is 0 Å². The van der Waals surface area contributed by atoms with E-state index < -0.39 is 6.03 Å². The van der Waals surface area contributed by atoms with Gasteiger partial charge in [0.15, 0.2) is 5.78 Å². The number of anilines is 1. The highest BCUT2D eigenvalue weighted by Gasteiger charge is 2.07. The van der Waals surface area contributed by atoms with Gasteiger partial charge >= 0.3 is 6.03 Å². The summed E-state index contributed by atoms with van der Waals surface area (Å²) in [6.07, 6.45) is 0. The first-order chi connectivity index (χ1) is 11.9. The number of aryl methyl sites for hydroxylation is 1. The van der Waals surface area contributed by atoms with Gasteiger partial charge in [0.1, 0.15) is 0 Å². The Bertz CT molecular complexity index is 770. The van der Waals surface area contributed by atoms with Crippen LogP contribution in [0.3, 0.4) is 0 Å². The molecule has 6 heteroatoms. The maximum atomic E-state index is 11.9. The number of carbonyl (C=O) groups excluding carboxylic acids is 3. The van der Waals surface area contributed by atoms with Crippen LogP contribution in [0.5, 0.6) is 0 Å². The molecule has 0 unspecified atom stereocenters. The Morgan fingerprint density at radius 1 is 0.960 bits per heavy atom. The minimum absolute atomic E-state index is 0.0790. The van der Waals surface area contributed by atoms with Crippen LogP contribution in [0.25, 0.3) is 0 Å². The highest BCUT2D eigenvalue weighted by atomic mass is 16.2. The first-order valence-electron chi connectivity index (χ1n) is 7.92. The van der Waals surface area contributed by atoms with Crippen LogP contribution < -0.4 is 16.0 Å². The Hall–Kier alpha value is -3.15. The van der Waals surface area contributed by atoms with Crippen molar-refractivity contribution in [2.75, 3.05) is 11.9 Å². The standard InChI is InChI=1S/C19H21N3O3/c1-13-6-8-15(9-7-13)11-20-19(25)21-12-18(24)22-17-5-3-4-16(10-17)14(2)23/h3-10H,11-12H2,1-2H3,(H,22,24)(H2,20,21,25). The van der Waals surface area contributed by atoms with E-state index in [2.05, 4.69) is 16.0 Å². The molecule has 0 saturated heterocycles. The van der Waals surface area contributed by atoms with Crippen molar-refractivity contribution in [2.45, 2.75) is 20.4 Å². The molecule has 0 fully saturated rings. The van der Waals surface area contributed by atoms with E-state index >= 15 is 0 Å². The number of amides is 3. The van der Waals surface area contributed by atoms with Crippen LogP contribution in [0.15, 0.2) is 48.5 Å². The summed E-state index contributed by atoms with van der Waals surface area (Å²) in [6.45, 7) is 3.67. The maximum Gasteiger partial charge on any atom is 0.315 e. The summed E-state index contributed by atoms with van der Waals surface area (Å²) in [4.78, 5) is 34.9. The summed E-state index contributed by atoms with van der Waals surface area (Å²) < 4.78 is 0. The number of ketones is 1. The SMILES string of the molecule is CC(=O)c1cccc(NC(=O)CNC(=O)NCc2ccc(C)cc2)c1. The molecular formula is C19H21N3O3. The van der Waals surface area contributed by atoms with E-state index in [0.29, 0.717) is 17.8 Å². The second-order valence-corrected chi connectivity index (χ2v) is 5.71. The number of hydrogen-bond donors (Lipinski definition) is 3. The fourth-order valence-electron chi connectivity index (χ4n) is 2.13. The highest BCUT2D eigenvalue weighted by molar-refractivity contribution is 5.98. The zero-order chi connectivity index (χ0) is 18.2. The molecule has 0 aliphatic carbocycles. The van der Waals surface area contributed by atoms with Crippen LogP contribution in [0.4, 0.5) is 10.5 Å². The molecule has 2 aromatic rings. The van der Waals surface area contributed by atoms with Crippen LogP contribution in [0.1, 0.15) is 28.4 Å². The van der Waals surface area contributed by atoms with Crippen molar-refractivity contribution in [3.63, 3.8) is 0 Å². The van der Waals surface area contributed by atoms with Gasteiger partial charge in [-0.25, -0.2) is 4.79 Å². The van der Waals surface area contributed by atoms with Gasteiger partial charge in [0.2, 0.25) is 5.91 Å². The zero-order valence-electron chi connectivity index (χ0n) is 14.3. The van der Waals surface area contributed by atoms with Gasteiger partial charge in [-0.3, -0.25) is 9.59 Å². The molecular weight excluding hydrogens is 318 g/mol. The molecule has 2 rings (SSSR count). The smallest absolute Gasteiger partial charge is 0.315 e. The average Bonchev–Trinajstić information content (AvgIpc) is 2.59. The Morgan fingerprint density at radius 3 is 2.36 bits per heavy atom. The van der Waals surface area contributed by atoms with Crippen molar-refractivity contribution >= 4 is 23.4 Å². The third kappa shape index (κ3) is 6.10. The lowest BCUT2D eigenvalue weighted by molar-refractivity contribution is -0.115. The van der Waals surface area contributed by atoms with Gasteiger partial charge in [-0.1, -0.05) is 42.0 Å². The minimum Gasteiger partial charge on any atom is -0.334 e. The summed E-state index contributed by atoms with van der Waals surface area (Å²) in [5.41, 5.74) is 3.16. The predicted octanol–water partition coefficient (Wildman–Crippen LogP) is 2.64. The monoisotopic (exact) mass is 339 g/mol. The van der Waals surface area contributed by atoms with Crippen LogP contribution in [-0.4, -0.2) is 24.3 Å². The molecule has 2 aromatic carbocycles. The molecule has 0 spiro atoms. The van der Waals surface area contributed by atoms with Gasteiger partial charge < -0.3 is 16.0 Å². The van der Waals surface area contributed by atoms with Crippen molar-refractivity contribution in [1.82, 2.24) is 10.6 Å². The van der Waals surface area contributed by atoms with E-state index in [4.69, 9.17) is 0 Å². The van der Waals surface area contributed by atoms with Crippen LogP contribution in [-0.2, 0) is 11.3 Å². The van der Waals surface area contributed by atoms with Crippen LogP contribution >= 0.6 is 0 Å². The number of Topliss-reactive ketones (excluding diaryl/α,β-unsaturated/α-hetero) is 1. The Morgan fingerprint density at radius 2 is 1.68 bits per heavy atom. The molecule has 0 radical (unpaired) electrons. The molecule has 0 atom stereocenters. The number of urea groups is 1. The van der Waals surface area contributed by atoms with E-state index in [1.54, 1.807) is 24.3 Å². The van der Waals surface area contributed by atoms with Crippen LogP contribution in [0.2, 0.25) is 0 Å². The van der Waals surface area contributed by atoms with E-state index in [9.17, 15) is 14.4 Å². The number of nitrogens with one attached hydrogen (secondary N) is 3. The fourth-order valence-corrected chi connectivity index (χ4v) is 2.13. The topological polar surface area (TPSA) is 87.3 Å². The molecule has 0 aliphatic rings. The van der Waals surface area contributed by atoms with Crippen molar-refractivity contribution in [3.05, 3.63) is 65.2 Å². The van der Waals surface area contributed by atoms with E-state index in [-0.39, 0.29) is 18.2 Å². The van der Waals surface area contributed by atoms with E-state index in [0.717, 1.165) is 11.1 Å². The Kier molecular flexibility index (Phi) is 6.28. The van der Waals surface area contributed by atoms with Crippen molar-refractivity contribution < 1.29 is 14.4 Å². The average molecular weight is 339 g/mol. The summed E-state index contributed by atoms with van der Waals surface area (Å²) >= 11 is 0. The molecule has 0 aliphatic heterocycles. The molecule has 25 heavy (non-hydrogen) atoms. The normalized spacial score (nSPS) is 10.0. The molecule has 0 bridgehead atoms. The van der Waals surface area contributed by atoms with Crippen molar-refractivity contribution in [1.29, 1.82) is 0 Å². The lowest BCUT2D eigenvalue weighted by Crippen LogP contribution is -2.39. The second kappa shape index (κ2) is 8.63. The minimum atomic E-state index is -0.423. The van der Waals surface area contributed by atoms with Gasteiger partial charge in [0.05, 0.1) is 6.54 Å². The summed E-state index contributed by atoms with van der Waals surface area (Å²) in [5, 5.41) is 7.82. The quantitative estimate of drug-likeness (QED) is 0.707. The molecule has 0 heterocycles. The van der Waals surface area contributed by atoms with Gasteiger partial charge in [-0.05, 0) is 31.5 Å². The molecule has 0 aromatic heterocycles. The fraction of sp³-hybridized carbons (Fsp3) is 0.211. The third-order valence-corrected chi connectivity index (χ3v) is 3.54.